The Labute approximate surface area is 186 Å². The largest absolute Gasteiger partial charge is 0.486 e. The summed E-state index contributed by atoms with van der Waals surface area (Å²) >= 11 is 0. The third kappa shape index (κ3) is 4.82. The van der Waals surface area contributed by atoms with Crippen molar-refractivity contribution in [3.8, 4) is 11.5 Å². The third-order valence-corrected chi connectivity index (χ3v) is 5.75. The van der Waals surface area contributed by atoms with Crippen LogP contribution in [-0.2, 0) is 9.53 Å². The molecule has 0 bridgehead atoms. The number of likely N-dealkylation sites (tertiary alicyclic amines) is 1. The summed E-state index contributed by atoms with van der Waals surface area (Å²) in [5, 5.41) is 0. The van der Waals surface area contributed by atoms with E-state index in [-0.39, 0.29) is 17.6 Å². The van der Waals surface area contributed by atoms with E-state index in [1.54, 1.807) is 53.4 Å². The van der Waals surface area contributed by atoms with E-state index in [1.165, 1.54) is 13.2 Å². The van der Waals surface area contributed by atoms with E-state index in [4.69, 9.17) is 9.47 Å². The van der Waals surface area contributed by atoms with Gasteiger partial charge in [-0.05, 0) is 54.8 Å². The van der Waals surface area contributed by atoms with Crippen LogP contribution in [0.5, 0.6) is 11.5 Å². The summed E-state index contributed by atoms with van der Waals surface area (Å²) in [5.41, 5.74) is 1.89. The highest BCUT2D eigenvalue weighted by molar-refractivity contribution is 5.99. The average Bonchev–Trinajstić information content (AvgIpc) is 2.86. The van der Waals surface area contributed by atoms with Crippen molar-refractivity contribution in [1.29, 1.82) is 0 Å². The van der Waals surface area contributed by atoms with Crippen LogP contribution in [0, 0.1) is 5.92 Å². The van der Waals surface area contributed by atoms with Crippen molar-refractivity contribution < 1.29 is 28.6 Å². The molecule has 1 amide bonds. The smallest absolute Gasteiger partial charge is 0.337 e. The Morgan fingerprint density at radius 3 is 2.28 bits per heavy atom. The van der Waals surface area contributed by atoms with Gasteiger partial charge in [-0.3, -0.25) is 9.59 Å². The van der Waals surface area contributed by atoms with E-state index in [9.17, 15) is 14.4 Å². The van der Waals surface area contributed by atoms with E-state index in [1.807, 2.05) is 0 Å². The van der Waals surface area contributed by atoms with Crippen LogP contribution < -0.4 is 9.47 Å². The van der Waals surface area contributed by atoms with Crippen molar-refractivity contribution in [3.63, 3.8) is 0 Å². The zero-order valence-electron chi connectivity index (χ0n) is 17.9. The van der Waals surface area contributed by atoms with E-state index in [2.05, 4.69) is 4.74 Å². The van der Waals surface area contributed by atoms with Crippen molar-refractivity contribution >= 4 is 23.7 Å². The van der Waals surface area contributed by atoms with Gasteiger partial charge in [0.15, 0.2) is 17.3 Å². The summed E-state index contributed by atoms with van der Waals surface area (Å²) in [6.45, 7) is 2.06. The molecular weight excluding hydrogens is 410 g/mol. The predicted molar refractivity (Wildman–Crippen MR) is 118 cm³/mol. The molecule has 166 valence electrons. The lowest BCUT2D eigenvalue weighted by molar-refractivity contribution is -0.127. The summed E-state index contributed by atoms with van der Waals surface area (Å²) in [7, 11) is 1.34. The monoisotopic (exact) mass is 435 g/mol. The summed E-state index contributed by atoms with van der Waals surface area (Å²) in [4.78, 5) is 38.7. The maximum Gasteiger partial charge on any atom is 0.337 e. The topological polar surface area (TPSA) is 82.1 Å². The van der Waals surface area contributed by atoms with Crippen LogP contribution in [0.25, 0.3) is 6.08 Å². The molecule has 7 heteroatoms. The molecule has 7 nitrogen and oxygen atoms in total. The number of benzene rings is 2. The molecular formula is C25H25NO6. The van der Waals surface area contributed by atoms with Crippen LogP contribution in [0.2, 0.25) is 0 Å². The van der Waals surface area contributed by atoms with Gasteiger partial charge in [0.1, 0.15) is 13.2 Å². The van der Waals surface area contributed by atoms with E-state index in [0.29, 0.717) is 61.8 Å². The number of carbonyl (C=O) groups is 3. The maximum absolute atomic E-state index is 12.9. The van der Waals surface area contributed by atoms with Crippen molar-refractivity contribution in [2.75, 3.05) is 33.4 Å². The number of rotatable bonds is 5. The maximum atomic E-state index is 12.9. The molecule has 4 rings (SSSR count). The molecule has 0 radical (unpaired) electrons. The van der Waals surface area contributed by atoms with Crippen molar-refractivity contribution in [1.82, 2.24) is 4.90 Å². The molecule has 1 saturated heterocycles. The van der Waals surface area contributed by atoms with E-state index in [0.717, 1.165) is 5.56 Å². The van der Waals surface area contributed by atoms with Crippen LogP contribution in [0.4, 0.5) is 0 Å². The molecule has 2 aromatic rings. The summed E-state index contributed by atoms with van der Waals surface area (Å²) < 4.78 is 15.8. The summed E-state index contributed by atoms with van der Waals surface area (Å²) in [5.74, 6) is 0.753. The van der Waals surface area contributed by atoms with Gasteiger partial charge in [0, 0.05) is 30.6 Å². The number of esters is 1. The molecule has 0 aliphatic carbocycles. The number of carbonyl (C=O) groups excluding carboxylic acids is 3. The molecule has 0 aromatic heterocycles. The van der Waals surface area contributed by atoms with Gasteiger partial charge in [-0.15, -0.1) is 0 Å². The number of amides is 1. The predicted octanol–water partition coefficient (Wildman–Crippen LogP) is 3.38. The Morgan fingerprint density at radius 1 is 0.938 bits per heavy atom. The van der Waals surface area contributed by atoms with Crippen molar-refractivity contribution in [3.05, 3.63) is 65.2 Å². The molecule has 2 aliphatic heterocycles. The fraction of sp³-hybridized carbons (Fsp3) is 0.320. The van der Waals surface area contributed by atoms with Crippen LogP contribution in [0.1, 0.15) is 39.1 Å². The van der Waals surface area contributed by atoms with Gasteiger partial charge in [0.25, 0.3) is 0 Å². The second kappa shape index (κ2) is 9.68. The zero-order valence-corrected chi connectivity index (χ0v) is 17.9. The molecule has 0 atom stereocenters. The highest BCUT2D eigenvalue weighted by Crippen LogP contribution is 2.32. The van der Waals surface area contributed by atoms with Crippen LogP contribution in [0.3, 0.4) is 0 Å². The van der Waals surface area contributed by atoms with Gasteiger partial charge in [0.05, 0.1) is 12.7 Å². The highest BCUT2D eigenvalue weighted by atomic mass is 16.6. The molecule has 0 unspecified atom stereocenters. The Balaban J connectivity index is 1.31. The quantitative estimate of drug-likeness (QED) is 0.407. The second-order valence-electron chi connectivity index (χ2n) is 7.77. The van der Waals surface area contributed by atoms with Crippen LogP contribution in [-0.4, -0.2) is 56.0 Å². The molecule has 0 saturated carbocycles. The SMILES string of the molecule is COC(=O)c1ccc(/C=C/C(=O)N2CCC(C(=O)c3ccc4c(c3)OCCO4)CC2)cc1. The number of Topliss-reactive ketones (excluding diaryl/α,β-unsaturated/α-hetero) is 1. The number of hydrogen-bond donors (Lipinski definition) is 0. The number of methoxy groups -OCH3 is 1. The number of nitrogens with zero attached hydrogens (tertiary/aromatic N) is 1. The first-order valence-electron chi connectivity index (χ1n) is 10.6. The molecule has 2 aliphatic rings. The lowest BCUT2D eigenvalue weighted by Gasteiger charge is -2.30. The standard InChI is InChI=1S/C25H25NO6/c1-30-25(29)19-5-2-17(3-6-19)4-9-23(27)26-12-10-18(11-13-26)24(28)20-7-8-21-22(16-20)32-15-14-31-21/h2-9,16,18H,10-15H2,1H3/b9-4+. The lowest BCUT2D eigenvalue weighted by atomic mass is 9.88. The van der Waals surface area contributed by atoms with E-state index < -0.39 is 5.97 Å². The highest BCUT2D eigenvalue weighted by Gasteiger charge is 2.28. The molecule has 1 fully saturated rings. The first-order valence-corrected chi connectivity index (χ1v) is 10.6. The van der Waals surface area contributed by atoms with Crippen molar-refractivity contribution in [2.45, 2.75) is 12.8 Å². The number of ether oxygens (including phenoxy) is 3. The van der Waals surface area contributed by atoms with Gasteiger partial charge in [-0.2, -0.15) is 0 Å². The Hall–Kier alpha value is -3.61. The van der Waals surface area contributed by atoms with Crippen molar-refractivity contribution in [2.24, 2.45) is 5.92 Å². The van der Waals surface area contributed by atoms with Gasteiger partial charge in [0.2, 0.25) is 5.91 Å². The van der Waals surface area contributed by atoms with Crippen LogP contribution >= 0.6 is 0 Å². The minimum absolute atomic E-state index is 0.0790. The average molecular weight is 435 g/mol. The molecule has 0 N–H and O–H groups in total. The Morgan fingerprint density at radius 2 is 1.59 bits per heavy atom. The molecule has 32 heavy (non-hydrogen) atoms. The van der Waals surface area contributed by atoms with Gasteiger partial charge < -0.3 is 19.1 Å². The summed E-state index contributed by atoms with van der Waals surface area (Å²) in [6, 6.07) is 12.1. The zero-order chi connectivity index (χ0) is 22.5. The van der Waals surface area contributed by atoms with Gasteiger partial charge in [-0.1, -0.05) is 12.1 Å². The number of fused-ring (bicyclic) bond motifs is 1. The lowest BCUT2D eigenvalue weighted by Crippen LogP contribution is -2.39. The molecule has 0 spiro atoms. The Bertz CT molecular complexity index is 1030. The van der Waals surface area contributed by atoms with Gasteiger partial charge >= 0.3 is 5.97 Å². The number of hydrogen-bond acceptors (Lipinski definition) is 6. The van der Waals surface area contributed by atoms with Crippen LogP contribution in [0.15, 0.2) is 48.5 Å². The first-order chi connectivity index (χ1) is 15.5. The molecule has 2 heterocycles. The second-order valence-corrected chi connectivity index (χ2v) is 7.77. The third-order valence-electron chi connectivity index (χ3n) is 5.75. The van der Waals surface area contributed by atoms with Gasteiger partial charge in [-0.25, -0.2) is 4.79 Å². The minimum Gasteiger partial charge on any atom is -0.486 e. The fourth-order valence-electron chi connectivity index (χ4n) is 3.92. The minimum atomic E-state index is -0.398. The van der Waals surface area contributed by atoms with E-state index >= 15 is 0 Å². The number of ketones is 1. The first kappa shape index (κ1) is 21.6. The Kier molecular flexibility index (Phi) is 6.54. The normalized spacial score (nSPS) is 16.1. The molecule has 2 aromatic carbocycles. The fourth-order valence-corrected chi connectivity index (χ4v) is 3.92. The number of piperidine rings is 1. The summed E-state index contributed by atoms with van der Waals surface area (Å²) in [6.07, 6.45) is 4.49.